The van der Waals surface area contributed by atoms with E-state index in [0.717, 1.165) is 38.5 Å². The fourth-order valence-electron chi connectivity index (χ4n) is 3.80. The van der Waals surface area contributed by atoms with Crippen molar-refractivity contribution in [1.82, 2.24) is 5.32 Å². The Bertz CT molecular complexity index is 728. The van der Waals surface area contributed by atoms with Crippen molar-refractivity contribution in [3.05, 3.63) is 24.3 Å². The SMILES string of the molecule is CCCCCC/C=C\C/C=C\CCCCCCCCCC(=O)OCC(O)COP(=O)(O)OCCNC(=O)CCC. The Kier molecular flexibility index (Phi) is 26.6. The summed E-state index contributed by atoms with van der Waals surface area (Å²) in [5.74, 6) is -0.582. The number of unbranched alkanes of at least 4 members (excludes halogenated alkanes) is 11. The van der Waals surface area contributed by atoms with Gasteiger partial charge in [-0.3, -0.25) is 18.6 Å². The molecule has 0 rings (SSSR count). The molecule has 0 spiro atoms. The lowest BCUT2D eigenvalue weighted by Crippen LogP contribution is -2.27. The van der Waals surface area contributed by atoms with E-state index >= 15 is 0 Å². The van der Waals surface area contributed by atoms with Crippen molar-refractivity contribution in [2.45, 2.75) is 129 Å². The van der Waals surface area contributed by atoms with Crippen LogP contribution in [0.15, 0.2) is 24.3 Å². The average Bonchev–Trinajstić information content (AvgIpc) is 2.92. The normalized spacial score (nSPS) is 14.0. The lowest BCUT2D eigenvalue weighted by molar-refractivity contribution is -0.147. The Balaban J connectivity index is 3.59. The minimum absolute atomic E-state index is 0.0715. The molecule has 0 bridgehead atoms. The predicted octanol–water partition coefficient (Wildman–Crippen LogP) is 6.92. The molecule has 40 heavy (non-hydrogen) atoms. The van der Waals surface area contributed by atoms with Crippen LogP contribution in [0.25, 0.3) is 0 Å². The maximum Gasteiger partial charge on any atom is 0.472 e. The largest absolute Gasteiger partial charge is 0.472 e. The average molecular weight is 590 g/mol. The molecule has 0 aromatic rings. The van der Waals surface area contributed by atoms with E-state index in [2.05, 4.69) is 36.5 Å². The molecule has 0 saturated carbocycles. The molecule has 234 valence electrons. The van der Waals surface area contributed by atoms with E-state index in [9.17, 15) is 24.2 Å². The maximum atomic E-state index is 11.8. The lowest BCUT2D eigenvalue weighted by atomic mass is 10.1. The van der Waals surface area contributed by atoms with Crippen LogP contribution in [0, 0.1) is 0 Å². The molecular weight excluding hydrogens is 533 g/mol. The first-order chi connectivity index (χ1) is 19.3. The summed E-state index contributed by atoms with van der Waals surface area (Å²) in [4.78, 5) is 32.8. The topological polar surface area (TPSA) is 131 Å². The van der Waals surface area contributed by atoms with Gasteiger partial charge in [0.25, 0.3) is 0 Å². The number of esters is 1. The molecule has 0 heterocycles. The molecule has 0 saturated heterocycles. The predicted molar refractivity (Wildman–Crippen MR) is 160 cm³/mol. The van der Waals surface area contributed by atoms with Gasteiger partial charge in [0.1, 0.15) is 12.7 Å². The van der Waals surface area contributed by atoms with Crippen molar-refractivity contribution in [3.8, 4) is 0 Å². The number of rotatable bonds is 28. The van der Waals surface area contributed by atoms with Gasteiger partial charge < -0.3 is 20.1 Å². The highest BCUT2D eigenvalue weighted by Gasteiger charge is 2.23. The summed E-state index contributed by atoms with van der Waals surface area (Å²) in [5, 5.41) is 12.4. The summed E-state index contributed by atoms with van der Waals surface area (Å²) in [6.07, 6.45) is 25.4. The highest BCUT2D eigenvalue weighted by Crippen LogP contribution is 2.42. The summed E-state index contributed by atoms with van der Waals surface area (Å²) >= 11 is 0. The molecule has 2 unspecified atom stereocenters. The minimum Gasteiger partial charge on any atom is -0.463 e. The van der Waals surface area contributed by atoms with Crippen LogP contribution in [0.1, 0.15) is 123 Å². The highest BCUT2D eigenvalue weighted by molar-refractivity contribution is 7.47. The standard InChI is InChI=1S/C30H56NO8P/c1-3-5-6-7-8-9-10-11-12-13-14-15-16-17-18-19-20-21-23-30(34)37-26-28(32)27-39-40(35,36)38-25-24-31-29(33)22-4-2/h9-10,12-13,28,32H,3-8,11,14-27H2,1-2H3,(H,31,33)(H,35,36)/b10-9-,13-12-. The van der Waals surface area contributed by atoms with Crippen LogP contribution >= 0.6 is 7.82 Å². The van der Waals surface area contributed by atoms with Gasteiger partial charge in [-0.1, -0.05) is 89.5 Å². The van der Waals surface area contributed by atoms with Gasteiger partial charge in [0.05, 0.1) is 13.2 Å². The first kappa shape index (κ1) is 38.5. The molecule has 0 aliphatic carbocycles. The van der Waals surface area contributed by atoms with Crippen LogP contribution in [0.5, 0.6) is 0 Å². The van der Waals surface area contributed by atoms with Crippen LogP contribution < -0.4 is 5.32 Å². The Morgan fingerprint density at radius 1 is 0.775 bits per heavy atom. The fourth-order valence-corrected chi connectivity index (χ4v) is 4.56. The fraction of sp³-hybridized carbons (Fsp3) is 0.800. The molecule has 0 fully saturated rings. The number of hydrogen-bond donors (Lipinski definition) is 3. The molecule has 10 heteroatoms. The number of ether oxygens (including phenoxy) is 1. The number of amides is 1. The van der Waals surface area contributed by atoms with Crippen molar-refractivity contribution < 1.29 is 37.9 Å². The molecule has 3 N–H and O–H groups in total. The lowest BCUT2D eigenvalue weighted by Gasteiger charge is -2.15. The van der Waals surface area contributed by atoms with E-state index in [1.54, 1.807) is 0 Å². The van der Waals surface area contributed by atoms with Gasteiger partial charge >= 0.3 is 13.8 Å². The monoisotopic (exact) mass is 589 g/mol. The molecule has 1 amide bonds. The number of phosphoric acid groups is 1. The Morgan fingerprint density at radius 2 is 1.38 bits per heavy atom. The Morgan fingerprint density at radius 3 is 2.00 bits per heavy atom. The summed E-state index contributed by atoms with van der Waals surface area (Å²) in [5.41, 5.74) is 0. The van der Waals surface area contributed by atoms with E-state index in [1.807, 2.05) is 6.92 Å². The van der Waals surface area contributed by atoms with Crippen molar-refractivity contribution in [2.75, 3.05) is 26.4 Å². The van der Waals surface area contributed by atoms with E-state index < -0.39 is 26.5 Å². The van der Waals surface area contributed by atoms with E-state index in [1.165, 1.54) is 51.4 Å². The van der Waals surface area contributed by atoms with E-state index in [4.69, 9.17) is 13.8 Å². The third-order valence-electron chi connectivity index (χ3n) is 6.10. The summed E-state index contributed by atoms with van der Waals surface area (Å²) in [6, 6.07) is 0. The number of aliphatic hydroxyl groups excluding tert-OH is 1. The number of carbonyl (C=O) groups excluding carboxylic acids is 2. The zero-order valence-electron chi connectivity index (χ0n) is 25.0. The first-order valence-corrected chi connectivity index (χ1v) is 16.8. The number of hydrogen-bond acceptors (Lipinski definition) is 7. The Hall–Kier alpha value is -1.51. The van der Waals surface area contributed by atoms with Crippen molar-refractivity contribution in [3.63, 3.8) is 0 Å². The van der Waals surface area contributed by atoms with Crippen molar-refractivity contribution in [1.29, 1.82) is 0 Å². The summed E-state index contributed by atoms with van der Waals surface area (Å²) in [6.45, 7) is 3.13. The number of allylic oxidation sites excluding steroid dienone is 4. The maximum absolute atomic E-state index is 11.8. The van der Waals surface area contributed by atoms with Gasteiger partial charge in [0.15, 0.2) is 0 Å². The quantitative estimate of drug-likeness (QED) is 0.0388. The van der Waals surface area contributed by atoms with Gasteiger partial charge in [-0.15, -0.1) is 0 Å². The summed E-state index contributed by atoms with van der Waals surface area (Å²) in [7, 11) is -4.38. The zero-order chi connectivity index (χ0) is 29.7. The number of carbonyl (C=O) groups is 2. The van der Waals surface area contributed by atoms with E-state index in [0.29, 0.717) is 12.8 Å². The van der Waals surface area contributed by atoms with Crippen LogP contribution in [0.3, 0.4) is 0 Å². The van der Waals surface area contributed by atoms with Crippen LogP contribution in [0.2, 0.25) is 0 Å². The molecule has 0 aliphatic heterocycles. The molecule has 2 atom stereocenters. The van der Waals surface area contributed by atoms with Crippen LogP contribution in [0.4, 0.5) is 0 Å². The molecular formula is C30H56NO8P. The van der Waals surface area contributed by atoms with Gasteiger partial charge in [-0.25, -0.2) is 4.57 Å². The second-order valence-corrected chi connectivity index (χ2v) is 11.5. The van der Waals surface area contributed by atoms with Gasteiger partial charge in [0, 0.05) is 19.4 Å². The van der Waals surface area contributed by atoms with Gasteiger partial charge in [-0.2, -0.15) is 0 Å². The molecule has 9 nitrogen and oxygen atoms in total. The first-order valence-electron chi connectivity index (χ1n) is 15.3. The smallest absolute Gasteiger partial charge is 0.463 e. The number of aliphatic hydroxyl groups is 1. The van der Waals surface area contributed by atoms with Crippen molar-refractivity contribution in [2.24, 2.45) is 0 Å². The highest BCUT2D eigenvalue weighted by atomic mass is 31.2. The molecule has 0 aliphatic rings. The van der Waals surface area contributed by atoms with Gasteiger partial charge in [-0.05, 0) is 44.9 Å². The second-order valence-electron chi connectivity index (χ2n) is 10.1. The third kappa shape index (κ3) is 28.0. The molecule has 0 aromatic carbocycles. The second kappa shape index (κ2) is 27.6. The zero-order valence-corrected chi connectivity index (χ0v) is 25.9. The van der Waals surface area contributed by atoms with Gasteiger partial charge in [0.2, 0.25) is 5.91 Å². The third-order valence-corrected chi connectivity index (χ3v) is 7.09. The molecule has 0 radical (unpaired) electrons. The molecule has 0 aromatic heterocycles. The van der Waals surface area contributed by atoms with Crippen molar-refractivity contribution >= 4 is 19.7 Å². The van der Waals surface area contributed by atoms with Crippen LogP contribution in [-0.2, 0) is 27.9 Å². The van der Waals surface area contributed by atoms with E-state index in [-0.39, 0.29) is 32.1 Å². The number of phosphoric ester groups is 1. The minimum atomic E-state index is -4.38. The van der Waals surface area contributed by atoms with Crippen LogP contribution in [-0.4, -0.2) is 54.3 Å². The Labute approximate surface area is 242 Å². The number of nitrogens with one attached hydrogen (secondary N) is 1. The summed E-state index contributed by atoms with van der Waals surface area (Å²) < 4.78 is 26.2.